The predicted molar refractivity (Wildman–Crippen MR) is 83.8 cm³/mol. The molecule has 1 aromatic carbocycles. The van der Waals surface area contributed by atoms with Crippen LogP contribution in [0, 0.1) is 0 Å². The number of aromatic nitrogens is 2. The summed E-state index contributed by atoms with van der Waals surface area (Å²) in [4.78, 5) is 9.55. The van der Waals surface area contributed by atoms with E-state index >= 15 is 0 Å². The van der Waals surface area contributed by atoms with Gasteiger partial charge in [0.1, 0.15) is 5.82 Å². The van der Waals surface area contributed by atoms with Crippen LogP contribution in [-0.2, 0) is 19.5 Å². The smallest absolute Gasteiger partial charge is 0.133 e. The molecule has 0 amide bonds. The van der Waals surface area contributed by atoms with Crippen molar-refractivity contribution in [1.29, 1.82) is 0 Å². The van der Waals surface area contributed by atoms with Crippen LogP contribution in [0.25, 0.3) is 0 Å². The number of rotatable bonds is 3. The predicted octanol–water partition coefficient (Wildman–Crippen LogP) is 3.85. The minimum Gasteiger partial charge on any atom is -0.307 e. The van der Waals surface area contributed by atoms with E-state index in [0.717, 1.165) is 24.5 Å². The molecule has 0 bridgehead atoms. The van der Waals surface area contributed by atoms with E-state index in [4.69, 9.17) is 33.2 Å². The van der Waals surface area contributed by atoms with Crippen molar-refractivity contribution in [3.05, 3.63) is 56.6 Å². The highest BCUT2D eigenvalue weighted by Crippen LogP contribution is 2.42. The Morgan fingerprint density at radius 2 is 1.95 bits per heavy atom. The Hall–Kier alpha value is -1.16. The number of hydrogen-bond donors (Lipinski definition) is 1. The summed E-state index contributed by atoms with van der Waals surface area (Å²) in [6, 6.07) is 5.71. The Balaban J connectivity index is 1.68. The minimum atomic E-state index is 0.582. The van der Waals surface area contributed by atoms with Crippen LogP contribution in [0.15, 0.2) is 18.2 Å². The Bertz CT molecular complexity index is 711. The lowest BCUT2D eigenvalue weighted by Crippen LogP contribution is -2.06. The number of fused-ring (bicyclic) bond motifs is 1. The zero-order valence-corrected chi connectivity index (χ0v) is 13.0. The number of nitrogens with zero attached hydrogens (tertiary/aromatic N) is 2. The van der Waals surface area contributed by atoms with Gasteiger partial charge in [0, 0.05) is 31.0 Å². The van der Waals surface area contributed by atoms with Crippen molar-refractivity contribution in [2.75, 3.05) is 0 Å². The lowest BCUT2D eigenvalue weighted by molar-refractivity contribution is 0.754. The summed E-state index contributed by atoms with van der Waals surface area (Å²) >= 11 is 12.0. The first-order valence-corrected chi connectivity index (χ1v) is 7.99. The van der Waals surface area contributed by atoms with E-state index in [1.54, 1.807) is 0 Å². The van der Waals surface area contributed by atoms with Crippen LogP contribution in [0.4, 0.5) is 0 Å². The third-order valence-electron chi connectivity index (χ3n) is 4.08. The molecular weight excluding hydrogens is 305 g/mol. The fourth-order valence-corrected chi connectivity index (χ4v) is 3.17. The summed E-state index contributed by atoms with van der Waals surface area (Å²) in [6.07, 6.45) is 3.22. The van der Waals surface area contributed by atoms with Gasteiger partial charge in [0.15, 0.2) is 0 Å². The van der Waals surface area contributed by atoms with Crippen LogP contribution >= 0.6 is 23.2 Å². The molecule has 2 heterocycles. The molecule has 2 aliphatic rings. The van der Waals surface area contributed by atoms with Gasteiger partial charge in [-0.15, -0.1) is 0 Å². The molecule has 3 nitrogen and oxygen atoms in total. The molecule has 4 rings (SSSR count). The first kappa shape index (κ1) is 13.5. The summed E-state index contributed by atoms with van der Waals surface area (Å²) in [6.45, 7) is 1.76. The molecule has 1 N–H and O–H groups in total. The first-order valence-electron chi connectivity index (χ1n) is 7.24. The second-order valence-electron chi connectivity index (χ2n) is 5.75. The SMILES string of the molecule is Clc1ccc(Cc2nc3c(c(C4CC4)n2)CNC3)cc1Cl. The maximum atomic E-state index is 6.08. The van der Waals surface area contributed by atoms with Gasteiger partial charge < -0.3 is 5.32 Å². The molecule has 0 atom stereocenters. The van der Waals surface area contributed by atoms with E-state index in [-0.39, 0.29) is 0 Å². The molecule has 5 heteroatoms. The number of hydrogen-bond acceptors (Lipinski definition) is 3. The molecule has 1 aromatic heterocycles. The van der Waals surface area contributed by atoms with Gasteiger partial charge in [0.25, 0.3) is 0 Å². The topological polar surface area (TPSA) is 37.8 Å². The summed E-state index contributed by atoms with van der Waals surface area (Å²) in [5.41, 5.74) is 4.86. The molecule has 21 heavy (non-hydrogen) atoms. The quantitative estimate of drug-likeness (QED) is 0.933. The van der Waals surface area contributed by atoms with Gasteiger partial charge in [-0.3, -0.25) is 0 Å². The highest BCUT2D eigenvalue weighted by Gasteiger charge is 2.31. The lowest BCUT2D eigenvalue weighted by Gasteiger charge is -2.09. The largest absolute Gasteiger partial charge is 0.307 e. The lowest BCUT2D eigenvalue weighted by atomic mass is 10.1. The number of nitrogens with one attached hydrogen (secondary N) is 1. The number of halogens is 2. The third-order valence-corrected chi connectivity index (χ3v) is 4.81. The molecule has 108 valence electrons. The second-order valence-corrected chi connectivity index (χ2v) is 6.57. The van der Waals surface area contributed by atoms with Crippen molar-refractivity contribution >= 4 is 23.2 Å². The van der Waals surface area contributed by atoms with Crippen molar-refractivity contribution in [2.45, 2.75) is 38.3 Å². The van der Waals surface area contributed by atoms with Gasteiger partial charge in [0.05, 0.1) is 21.4 Å². The summed E-state index contributed by atoms with van der Waals surface area (Å²) in [5, 5.41) is 4.54. The third kappa shape index (κ3) is 2.66. The normalized spacial score (nSPS) is 17.0. The van der Waals surface area contributed by atoms with E-state index in [1.165, 1.54) is 29.8 Å². The van der Waals surface area contributed by atoms with E-state index in [2.05, 4.69) is 5.32 Å². The zero-order chi connectivity index (χ0) is 14.4. The molecular formula is C16H15Cl2N3. The van der Waals surface area contributed by atoms with E-state index in [0.29, 0.717) is 22.4 Å². The van der Waals surface area contributed by atoms with Crippen LogP contribution in [0.3, 0.4) is 0 Å². The van der Waals surface area contributed by atoms with Gasteiger partial charge in [0.2, 0.25) is 0 Å². The van der Waals surface area contributed by atoms with Crippen LogP contribution in [-0.4, -0.2) is 9.97 Å². The Morgan fingerprint density at radius 3 is 2.71 bits per heavy atom. The Kier molecular flexibility index (Phi) is 3.37. The number of benzene rings is 1. The van der Waals surface area contributed by atoms with E-state index < -0.39 is 0 Å². The zero-order valence-electron chi connectivity index (χ0n) is 11.5. The highest BCUT2D eigenvalue weighted by atomic mass is 35.5. The Morgan fingerprint density at radius 1 is 1.10 bits per heavy atom. The average Bonchev–Trinajstić information content (AvgIpc) is 3.20. The summed E-state index contributed by atoms with van der Waals surface area (Å²) in [7, 11) is 0. The van der Waals surface area contributed by atoms with E-state index in [1.807, 2.05) is 18.2 Å². The van der Waals surface area contributed by atoms with Crippen molar-refractivity contribution in [3.8, 4) is 0 Å². The van der Waals surface area contributed by atoms with Crippen LogP contribution in [0.2, 0.25) is 10.0 Å². The molecule has 0 radical (unpaired) electrons. The molecule has 2 aromatic rings. The van der Waals surface area contributed by atoms with Gasteiger partial charge >= 0.3 is 0 Å². The minimum absolute atomic E-state index is 0.582. The highest BCUT2D eigenvalue weighted by molar-refractivity contribution is 6.42. The molecule has 1 aliphatic carbocycles. The monoisotopic (exact) mass is 319 g/mol. The van der Waals surface area contributed by atoms with Gasteiger partial charge in [-0.1, -0.05) is 29.3 Å². The molecule has 0 saturated heterocycles. The maximum absolute atomic E-state index is 6.08. The average molecular weight is 320 g/mol. The van der Waals surface area contributed by atoms with Crippen molar-refractivity contribution in [1.82, 2.24) is 15.3 Å². The molecule has 0 spiro atoms. The standard InChI is InChI=1S/C16H15Cl2N3/c17-12-4-1-9(5-13(12)18)6-15-20-14-8-19-7-11(14)16(21-15)10-2-3-10/h1,4-5,10,19H,2-3,6-8H2. The van der Waals surface area contributed by atoms with Gasteiger partial charge in [-0.2, -0.15) is 0 Å². The van der Waals surface area contributed by atoms with Crippen LogP contribution in [0.1, 0.15) is 47.1 Å². The van der Waals surface area contributed by atoms with Crippen LogP contribution in [0.5, 0.6) is 0 Å². The fourth-order valence-electron chi connectivity index (χ4n) is 2.85. The van der Waals surface area contributed by atoms with Crippen LogP contribution < -0.4 is 5.32 Å². The van der Waals surface area contributed by atoms with E-state index in [9.17, 15) is 0 Å². The summed E-state index contributed by atoms with van der Waals surface area (Å²) in [5.74, 6) is 1.53. The molecule has 1 saturated carbocycles. The maximum Gasteiger partial charge on any atom is 0.133 e. The fraction of sp³-hybridized carbons (Fsp3) is 0.375. The van der Waals surface area contributed by atoms with Gasteiger partial charge in [-0.05, 0) is 30.5 Å². The molecule has 0 unspecified atom stereocenters. The molecule has 1 aliphatic heterocycles. The summed E-state index contributed by atoms with van der Waals surface area (Å²) < 4.78 is 0. The van der Waals surface area contributed by atoms with Crippen molar-refractivity contribution in [2.24, 2.45) is 0 Å². The van der Waals surface area contributed by atoms with Gasteiger partial charge in [-0.25, -0.2) is 9.97 Å². The first-order chi connectivity index (χ1) is 10.2. The second kappa shape index (κ2) is 5.24. The molecule has 1 fully saturated rings. The Labute approximate surface area is 133 Å². The van der Waals surface area contributed by atoms with Crippen molar-refractivity contribution < 1.29 is 0 Å². The van der Waals surface area contributed by atoms with Crippen molar-refractivity contribution in [3.63, 3.8) is 0 Å².